The first-order valence-electron chi connectivity index (χ1n) is 5.88. The predicted molar refractivity (Wildman–Crippen MR) is 80.3 cm³/mol. The molecule has 8 heteroatoms. The van der Waals surface area contributed by atoms with Gasteiger partial charge >= 0.3 is 0 Å². The van der Waals surface area contributed by atoms with Gasteiger partial charge in [-0.1, -0.05) is 11.6 Å². The summed E-state index contributed by atoms with van der Waals surface area (Å²) in [6, 6.07) is 4.99. The number of aromatic nitrogens is 4. The molecular weight excluding hydrogens is 310 g/mol. The molecule has 0 aliphatic heterocycles. The molecule has 21 heavy (non-hydrogen) atoms. The van der Waals surface area contributed by atoms with Crippen molar-refractivity contribution in [3.63, 3.8) is 0 Å². The molecule has 0 aliphatic rings. The van der Waals surface area contributed by atoms with Crippen LogP contribution in [0.4, 0.5) is 5.82 Å². The molecule has 0 saturated carbocycles. The number of rotatable bonds is 3. The van der Waals surface area contributed by atoms with E-state index in [0.717, 1.165) is 0 Å². The topological polar surface area (TPSA) is 80.7 Å². The van der Waals surface area contributed by atoms with Crippen LogP contribution in [0, 0.1) is 0 Å². The minimum absolute atomic E-state index is 0.291. The Morgan fingerprint density at radius 2 is 2.00 bits per heavy atom. The van der Waals surface area contributed by atoms with Gasteiger partial charge in [-0.15, -0.1) is 11.3 Å². The fourth-order valence-electron chi connectivity index (χ4n) is 1.52. The number of nitrogens with zero attached hydrogens (tertiary/aromatic N) is 4. The Balaban J connectivity index is 1.77. The van der Waals surface area contributed by atoms with Crippen LogP contribution in [0.25, 0.3) is 10.8 Å². The number of carbonyl (C=O) groups is 1. The molecule has 0 fully saturated rings. The van der Waals surface area contributed by atoms with E-state index in [-0.39, 0.29) is 5.91 Å². The van der Waals surface area contributed by atoms with E-state index in [1.165, 1.54) is 17.5 Å². The van der Waals surface area contributed by atoms with E-state index in [2.05, 4.69) is 25.3 Å². The number of amides is 1. The predicted octanol–water partition coefficient (Wildman–Crippen LogP) is 2.90. The van der Waals surface area contributed by atoms with Crippen LogP contribution in [0.2, 0.25) is 5.02 Å². The maximum Gasteiger partial charge on any atom is 0.276 e. The Morgan fingerprint density at radius 1 is 1.19 bits per heavy atom. The molecule has 3 heterocycles. The van der Waals surface area contributed by atoms with Crippen LogP contribution < -0.4 is 5.32 Å². The van der Waals surface area contributed by atoms with Gasteiger partial charge in [0.2, 0.25) is 0 Å². The molecular formula is C13H8ClN5OS. The number of hydrogen-bond acceptors (Lipinski definition) is 6. The summed E-state index contributed by atoms with van der Waals surface area (Å²) < 4.78 is 0. The Bertz CT molecular complexity index is 760. The molecule has 0 atom stereocenters. The maximum atomic E-state index is 12.1. The summed E-state index contributed by atoms with van der Waals surface area (Å²) in [5.41, 5.74) is 0.291. The monoisotopic (exact) mass is 317 g/mol. The lowest BCUT2D eigenvalue weighted by molar-refractivity contribution is 0.102. The molecule has 0 spiro atoms. The second kappa shape index (κ2) is 5.94. The van der Waals surface area contributed by atoms with Gasteiger partial charge in [0, 0.05) is 24.0 Å². The molecule has 0 saturated heterocycles. The molecule has 1 amide bonds. The Labute approximate surface area is 128 Å². The van der Waals surface area contributed by atoms with Gasteiger partial charge in [0.25, 0.3) is 5.91 Å². The van der Waals surface area contributed by atoms with Crippen molar-refractivity contribution in [3.05, 3.63) is 52.9 Å². The Hall–Kier alpha value is -2.38. The second-order valence-electron chi connectivity index (χ2n) is 3.93. The standard InChI is InChI=1S/C13H8ClN5OS/c14-8-2-3-10(17-6-8)19-12(20)9-7-21-13(18-9)11-15-4-1-5-16-11/h1-7H,(H,17,19,20). The zero-order chi connectivity index (χ0) is 14.7. The van der Waals surface area contributed by atoms with Crippen molar-refractivity contribution in [1.29, 1.82) is 0 Å². The molecule has 0 unspecified atom stereocenters. The smallest absolute Gasteiger partial charge is 0.276 e. The number of carbonyl (C=O) groups excluding carboxylic acids is 1. The summed E-state index contributed by atoms with van der Waals surface area (Å²) in [4.78, 5) is 28.5. The number of nitrogens with one attached hydrogen (secondary N) is 1. The minimum Gasteiger partial charge on any atom is -0.305 e. The highest BCUT2D eigenvalue weighted by atomic mass is 35.5. The first-order valence-corrected chi connectivity index (χ1v) is 7.14. The van der Waals surface area contributed by atoms with E-state index in [0.29, 0.717) is 27.4 Å². The first kappa shape index (κ1) is 13.6. The van der Waals surface area contributed by atoms with Gasteiger partial charge in [-0.3, -0.25) is 4.79 Å². The van der Waals surface area contributed by atoms with Gasteiger partial charge in [-0.25, -0.2) is 19.9 Å². The lowest BCUT2D eigenvalue weighted by Gasteiger charge is -2.01. The number of anilines is 1. The Morgan fingerprint density at radius 3 is 2.71 bits per heavy atom. The second-order valence-corrected chi connectivity index (χ2v) is 5.22. The molecule has 3 rings (SSSR count). The van der Waals surface area contributed by atoms with E-state index in [1.807, 2.05) is 0 Å². The third-order valence-electron chi connectivity index (χ3n) is 2.46. The van der Waals surface area contributed by atoms with Gasteiger partial charge in [-0.2, -0.15) is 0 Å². The van der Waals surface area contributed by atoms with E-state index in [9.17, 15) is 4.79 Å². The van der Waals surface area contributed by atoms with Gasteiger partial charge in [0.15, 0.2) is 10.8 Å². The summed E-state index contributed by atoms with van der Waals surface area (Å²) in [6.45, 7) is 0. The number of pyridine rings is 1. The van der Waals surface area contributed by atoms with Crippen molar-refractivity contribution in [2.75, 3.05) is 5.32 Å². The van der Waals surface area contributed by atoms with Gasteiger partial charge in [-0.05, 0) is 18.2 Å². The van der Waals surface area contributed by atoms with Crippen LogP contribution in [-0.4, -0.2) is 25.8 Å². The minimum atomic E-state index is -0.344. The zero-order valence-corrected chi connectivity index (χ0v) is 12.1. The molecule has 104 valence electrons. The quantitative estimate of drug-likeness (QED) is 0.803. The molecule has 3 aromatic rings. The van der Waals surface area contributed by atoms with Crippen molar-refractivity contribution >= 4 is 34.7 Å². The van der Waals surface area contributed by atoms with Crippen molar-refractivity contribution in [1.82, 2.24) is 19.9 Å². The van der Waals surface area contributed by atoms with Gasteiger partial charge in [0.05, 0.1) is 5.02 Å². The van der Waals surface area contributed by atoms with E-state index in [1.54, 1.807) is 36.0 Å². The summed E-state index contributed by atoms with van der Waals surface area (Å²) in [7, 11) is 0. The molecule has 0 radical (unpaired) electrons. The lowest BCUT2D eigenvalue weighted by atomic mass is 10.4. The van der Waals surface area contributed by atoms with Gasteiger partial charge in [0.1, 0.15) is 11.5 Å². The fourth-order valence-corrected chi connectivity index (χ4v) is 2.38. The molecule has 1 N–H and O–H groups in total. The van der Waals surface area contributed by atoms with Crippen molar-refractivity contribution in [3.8, 4) is 10.8 Å². The average molecular weight is 318 g/mol. The Kier molecular flexibility index (Phi) is 3.85. The van der Waals surface area contributed by atoms with Crippen LogP contribution in [0.5, 0.6) is 0 Å². The third-order valence-corrected chi connectivity index (χ3v) is 3.52. The highest BCUT2D eigenvalue weighted by molar-refractivity contribution is 7.13. The van der Waals surface area contributed by atoms with Gasteiger partial charge < -0.3 is 5.32 Å². The van der Waals surface area contributed by atoms with Crippen LogP contribution >= 0.6 is 22.9 Å². The zero-order valence-electron chi connectivity index (χ0n) is 10.5. The maximum absolute atomic E-state index is 12.1. The summed E-state index contributed by atoms with van der Waals surface area (Å²) in [5, 5.41) is 5.39. The third kappa shape index (κ3) is 3.21. The van der Waals surface area contributed by atoms with Crippen molar-refractivity contribution < 1.29 is 4.79 Å². The normalized spacial score (nSPS) is 10.3. The molecule has 3 aromatic heterocycles. The fraction of sp³-hybridized carbons (Fsp3) is 0. The summed E-state index contributed by atoms with van der Waals surface area (Å²) in [6.07, 6.45) is 4.71. The van der Waals surface area contributed by atoms with Crippen molar-refractivity contribution in [2.45, 2.75) is 0 Å². The lowest BCUT2D eigenvalue weighted by Crippen LogP contribution is -2.13. The van der Waals surface area contributed by atoms with Crippen LogP contribution in [0.15, 0.2) is 42.2 Å². The molecule has 0 aliphatic carbocycles. The van der Waals surface area contributed by atoms with Crippen LogP contribution in [0.3, 0.4) is 0 Å². The number of thiazole rings is 1. The number of hydrogen-bond donors (Lipinski definition) is 1. The van der Waals surface area contributed by atoms with E-state index < -0.39 is 0 Å². The molecule has 0 aromatic carbocycles. The highest BCUT2D eigenvalue weighted by Crippen LogP contribution is 2.20. The van der Waals surface area contributed by atoms with Crippen molar-refractivity contribution in [2.24, 2.45) is 0 Å². The summed E-state index contributed by atoms with van der Waals surface area (Å²) >= 11 is 7.04. The largest absolute Gasteiger partial charge is 0.305 e. The molecule has 0 bridgehead atoms. The van der Waals surface area contributed by atoms with E-state index >= 15 is 0 Å². The summed E-state index contributed by atoms with van der Waals surface area (Å²) in [5.74, 6) is 0.560. The average Bonchev–Trinajstić information content (AvgIpc) is 3.00. The van der Waals surface area contributed by atoms with E-state index in [4.69, 9.17) is 11.6 Å². The number of halogens is 1. The highest BCUT2D eigenvalue weighted by Gasteiger charge is 2.13. The first-order chi connectivity index (χ1) is 10.2. The SMILES string of the molecule is O=C(Nc1ccc(Cl)cn1)c1csc(-c2ncccn2)n1. The van der Waals surface area contributed by atoms with Crippen LogP contribution in [-0.2, 0) is 0 Å². The molecule has 6 nitrogen and oxygen atoms in total. The van der Waals surface area contributed by atoms with Crippen LogP contribution in [0.1, 0.15) is 10.5 Å².